The molecule has 3 rings (SSSR count). The summed E-state index contributed by atoms with van der Waals surface area (Å²) in [4.78, 5) is 11.9. The van der Waals surface area contributed by atoms with Gasteiger partial charge in [-0.05, 0) is 43.5 Å². The second kappa shape index (κ2) is 6.54. The van der Waals surface area contributed by atoms with Gasteiger partial charge in [0.25, 0.3) is 0 Å². The van der Waals surface area contributed by atoms with E-state index in [2.05, 4.69) is 10.6 Å². The van der Waals surface area contributed by atoms with Gasteiger partial charge in [0.05, 0.1) is 11.1 Å². The number of benzene rings is 1. The van der Waals surface area contributed by atoms with Crippen LogP contribution in [0.3, 0.4) is 0 Å². The minimum atomic E-state index is -0.0335. The lowest BCUT2D eigenvalue weighted by atomic mass is 10.1. The summed E-state index contributed by atoms with van der Waals surface area (Å²) in [5, 5.41) is 6.70. The van der Waals surface area contributed by atoms with Gasteiger partial charge in [-0.3, -0.25) is 4.79 Å². The number of hydrogen-bond donors (Lipinski definition) is 2. The highest BCUT2D eigenvalue weighted by Crippen LogP contribution is 2.38. The monoisotopic (exact) mass is 310 g/mol. The summed E-state index contributed by atoms with van der Waals surface area (Å²) in [6, 6.07) is 3.77. The predicted molar refractivity (Wildman–Crippen MR) is 80.2 cm³/mol. The Bertz CT molecular complexity index is 530. The number of hydrogen-bond acceptors (Lipinski definition) is 4. The Hall–Kier alpha value is -1.46. The number of halogens is 1. The van der Waals surface area contributed by atoms with E-state index in [9.17, 15) is 4.79 Å². The first kappa shape index (κ1) is 14.5. The highest BCUT2D eigenvalue weighted by atomic mass is 35.5. The summed E-state index contributed by atoms with van der Waals surface area (Å²) in [6.07, 6.45) is 2.70. The molecule has 1 aromatic carbocycles. The number of carbonyl (C=O) groups is 1. The molecule has 1 atom stereocenters. The van der Waals surface area contributed by atoms with E-state index in [0.717, 1.165) is 31.4 Å². The molecule has 1 amide bonds. The summed E-state index contributed by atoms with van der Waals surface area (Å²) >= 11 is 6.19. The van der Waals surface area contributed by atoms with Crippen molar-refractivity contribution in [1.29, 1.82) is 0 Å². The molecule has 6 heteroatoms. The molecule has 0 radical (unpaired) electrons. The first-order valence-corrected chi connectivity index (χ1v) is 7.71. The van der Waals surface area contributed by atoms with Gasteiger partial charge in [-0.25, -0.2) is 0 Å². The zero-order chi connectivity index (χ0) is 14.7. The molecule has 1 fully saturated rings. The smallest absolute Gasteiger partial charge is 0.237 e. The molecule has 0 spiro atoms. The fourth-order valence-electron chi connectivity index (χ4n) is 2.67. The minimum Gasteiger partial charge on any atom is -0.486 e. The lowest BCUT2D eigenvalue weighted by molar-refractivity contribution is -0.122. The Balaban J connectivity index is 1.55. The van der Waals surface area contributed by atoms with Crippen molar-refractivity contribution in [2.75, 3.05) is 26.3 Å². The molecule has 21 heavy (non-hydrogen) atoms. The van der Waals surface area contributed by atoms with Gasteiger partial charge in [0.2, 0.25) is 5.91 Å². The average Bonchev–Trinajstić information content (AvgIpc) is 3.01. The van der Waals surface area contributed by atoms with Crippen molar-refractivity contribution >= 4 is 17.5 Å². The maximum Gasteiger partial charge on any atom is 0.237 e. The Morgan fingerprint density at radius 2 is 2.24 bits per heavy atom. The molecule has 0 aromatic heterocycles. The third kappa shape index (κ3) is 3.41. The molecule has 2 aliphatic rings. The lowest BCUT2D eigenvalue weighted by Gasteiger charge is -2.20. The van der Waals surface area contributed by atoms with Gasteiger partial charge in [0.15, 0.2) is 11.5 Å². The van der Waals surface area contributed by atoms with Crippen molar-refractivity contribution < 1.29 is 14.3 Å². The molecule has 1 aromatic rings. The number of ether oxygens (including phenoxy) is 2. The van der Waals surface area contributed by atoms with E-state index in [1.54, 1.807) is 0 Å². The zero-order valence-electron chi connectivity index (χ0n) is 11.8. The molecule has 2 N–H and O–H groups in total. The molecule has 5 nitrogen and oxygen atoms in total. The van der Waals surface area contributed by atoms with Crippen LogP contribution in [0.4, 0.5) is 0 Å². The highest BCUT2D eigenvalue weighted by molar-refractivity contribution is 6.32. The predicted octanol–water partition coefficient (Wildman–Crippen LogP) is 1.52. The molecule has 2 heterocycles. The van der Waals surface area contributed by atoms with E-state index in [4.69, 9.17) is 21.1 Å². The number of fused-ring (bicyclic) bond motifs is 1. The molecule has 0 saturated carbocycles. The first-order chi connectivity index (χ1) is 10.2. The molecule has 1 unspecified atom stereocenters. The Morgan fingerprint density at radius 1 is 1.38 bits per heavy atom. The first-order valence-electron chi connectivity index (χ1n) is 7.33. The van der Waals surface area contributed by atoms with Gasteiger partial charge in [0, 0.05) is 6.54 Å². The Labute approximate surface area is 128 Å². The summed E-state index contributed by atoms with van der Waals surface area (Å²) in [6.45, 7) is 2.58. The largest absolute Gasteiger partial charge is 0.486 e. The summed E-state index contributed by atoms with van der Waals surface area (Å²) in [5.41, 5.74) is 1.03. The standard InChI is InChI=1S/C15H19ClN2O3/c16-11-8-10(9-13-14(11)21-7-6-20-13)3-5-18-15(19)12-2-1-4-17-12/h8-9,12,17H,1-7H2,(H,18,19). The number of carbonyl (C=O) groups excluding carboxylic acids is 1. The van der Waals surface area contributed by atoms with E-state index in [1.165, 1.54) is 0 Å². The van der Waals surface area contributed by atoms with Gasteiger partial charge in [-0.15, -0.1) is 0 Å². The van der Waals surface area contributed by atoms with E-state index in [0.29, 0.717) is 36.3 Å². The summed E-state index contributed by atoms with van der Waals surface area (Å²) < 4.78 is 11.0. The molecular weight excluding hydrogens is 292 g/mol. The Morgan fingerprint density at radius 3 is 3.05 bits per heavy atom. The van der Waals surface area contributed by atoms with E-state index in [-0.39, 0.29) is 11.9 Å². The van der Waals surface area contributed by atoms with Gasteiger partial charge in [-0.2, -0.15) is 0 Å². The number of nitrogens with one attached hydrogen (secondary N) is 2. The van der Waals surface area contributed by atoms with Crippen molar-refractivity contribution in [3.05, 3.63) is 22.7 Å². The normalized spacial score (nSPS) is 20.3. The van der Waals surface area contributed by atoms with Crippen LogP contribution in [0.2, 0.25) is 5.02 Å². The average molecular weight is 311 g/mol. The van der Waals surface area contributed by atoms with Crippen molar-refractivity contribution in [3.63, 3.8) is 0 Å². The highest BCUT2D eigenvalue weighted by Gasteiger charge is 2.21. The maximum atomic E-state index is 11.9. The topological polar surface area (TPSA) is 59.6 Å². The van der Waals surface area contributed by atoms with Crippen molar-refractivity contribution in [3.8, 4) is 11.5 Å². The maximum absolute atomic E-state index is 11.9. The molecular formula is C15H19ClN2O3. The second-order valence-electron chi connectivity index (χ2n) is 5.29. The van der Waals surface area contributed by atoms with Crippen LogP contribution in [-0.2, 0) is 11.2 Å². The third-order valence-corrected chi connectivity index (χ3v) is 4.03. The fraction of sp³-hybridized carbons (Fsp3) is 0.533. The third-order valence-electron chi connectivity index (χ3n) is 3.75. The SMILES string of the molecule is O=C(NCCc1cc(Cl)c2c(c1)OCCO2)C1CCCN1. The summed E-state index contributed by atoms with van der Waals surface area (Å²) in [5.74, 6) is 1.38. The number of amides is 1. The van der Waals surface area contributed by atoms with Crippen LogP contribution in [0.1, 0.15) is 18.4 Å². The molecule has 0 aliphatic carbocycles. The van der Waals surface area contributed by atoms with E-state index in [1.807, 2.05) is 12.1 Å². The second-order valence-corrected chi connectivity index (χ2v) is 5.70. The fourth-order valence-corrected chi connectivity index (χ4v) is 2.96. The van der Waals surface area contributed by atoms with Gasteiger partial charge >= 0.3 is 0 Å². The van der Waals surface area contributed by atoms with Crippen molar-refractivity contribution in [2.45, 2.75) is 25.3 Å². The van der Waals surface area contributed by atoms with Crippen LogP contribution < -0.4 is 20.1 Å². The Kier molecular flexibility index (Phi) is 4.51. The quantitative estimate of drug-likeness (QED) is 0.885. The van der Waals surface area contributed by atoms with Crippen LogP contribution in [0.15, 0.2) is 12.1 Å². The van der Waals surface area contributed by atoms with Gasteiger partial charge in [-0.1, -0.05) is 11.6 Å². The van der Waals surface area contributed by atoms with Crippen LogP contribution in [0, 0.1) is 0 Å². The van der Waals surface area contributed by atoms with Gasteiger partial charge < -0.3 is 20.1 Å². The van der Waals surface area contributed by atoms with Crippen LogP contribution in [0.5, 0.6) is 11.5 Å². The van der Waals surface area contributed by atoms with Gasteiger partial charge in [0.1, 0.15) is 13.2 Å². The molecule has 1 saturated heterocycles. The van der Waals surface area contributed by atoms with Crippen LogP contribution >= 0.6 is 11.6 Å². The molecule has 114 valence electrons. The van der Waals surface area contributed by atoms with Crippen LogP contribution in [-0.4, -0.2) is 38.3 Å². The molecule has 0 bridgehead atoms. The zero-order valence-corrected chi connectivity index (χ0v) is 12.5. The minimum absolute atomic E-state index is 0.0335. The van der Waals surface area contributed by atoms with Crippen LogP contribution in [0.25, 0.3) is 0 Å². The van der Waals surface area contributed by atoms with Crippen molar-refractivity contribution in [2.24, 2.45) is 0 Å². The lowest BCUT2D eigenvalue weighted by Crippen LogP contribution is -2.41. The van der Waals surface area contributed by atoms with E-state index >= 15 is 0 Å². The molecule has 2 aliphatic heterocycles. The summed E-state index contributed by atoms with van der Waals surface area (Å²) in [7, 11) is 0. The number of rotatable bonds is 4. The van der Waals surface area contributed by atoms with Crippen molar-refractivity contribution in [1.82, 2.24) is 10.6 Å². The van der Waals surface area contributed by atoms with E-state index < -0.39 is 0 Å².